The van der Waals surface area contributed by atoms with E-state index in [0.717, 1.165) is 48.7 Å². The first-order valence-corrected chi connectivity index (χ1v) is 9.60. The molecule has 0 bridgehead atoms. The Morgan fingerprint density at radius 3 is 2.75 bits per heavy atom. The highest BCUT2D eigenvalue weighted by molar-refractivity contribution is 5.66. The summed E-state index contributed by atoms with van der Waals surface area (Å²) >= 11 is 0. The van der Waals surface area contributed by atoms with Crippen LogP contribution in [0.25, 0.3) is 0 Å². The number of nitrogens with zero attached hydrogens (tertiary/aromatic N) is 1. The van der Waals surface area contributed by atoms with E-state index in [1.54, 1.807) is 0 Å². The molecular weight excluding hydrogens is 358 g/mol. The van der Waals surface area contributed by atoms with Crippen LogP contribution in [0, 0.1) is 0 Å². The molecule has 1 unspecified atom stereocenters. The lowest BCUT2D eigenvalue weighted by molar-refractivity contribution is 0.108. The smallest absolute Gasteiger partial charge is 0.422 e. The molecule has 0 saturated carbocycles. The molecule has 2 aromatic carbocycles. The molecule has 1 saturated heterocycles. The van der Waals surface area contributed by atoms with E-state index in [1.807, 2.05) is 53.5 Å². The number of nitrogens with one attached hydrogen (secondary N) is 2. The summed E-state index contributed by atoms with van der Waals surface area (Å²) in [5.74, 6) is 1.61. The topological polar surface area (TPSA) is 72.1 Å². The van der Waals surface area contributed by atoms with Gasteiger partial charge in [0.05, 0.1) is 0 Å². The highest BCUT2D eigenvalue weighted by atomic mass is 16.6. The Bertz CT molecular complexity index is 799. The minimum absolute atomic E-state index is 0.270. The van der Waals surface area contributed by atoms with E-state index in [9.17, 15) is 4.79 Å². The largest absolute Gasteiger partial charge is 0.486 e. The molecule has 2 aliphatic rings. The minimum atomic E-state index is -0.420. The SMILES string of the molecule is O=C(NN1CCC(NCc2ccc3c(c2)OCCO3)C1)OCc1ccccc1. The maximum Gasteiger partial charge on any atom is 0.422 e. The minimum Gasteiger partial charge on any atom is -0.486 e. The van der Waals surface area contributed by atoms with Crippen molar-refractivity contribution in [2.24, 2.45) is 0 Å². The Morgan fingerprint density at radius 2 is 1.89 bits per heavy atom. The van der Waals surface area contributed by atoms with E-state index < -0.39 is 6.09 Å². The summed E-state index contributed by atoms with van der Waals surface area (Å²) in [6, 6.07) is 16.0. The van der Waals surface area contributed by atoms with Crippen LogP contribution in [-0.2, 0) is 17.9 Å². The van der Waals surface area contributed by atoms with Crippen molar-refractivity contribution in [2.75, 3.05) is 26.3 Å². The number of carbonyl (C=O) groups is 1. The average Bonchev–Trinajstić information content (AvgIpc) is 3.18. The van der Waals surface area contributed by atoms with Crippen LogP contribution in [-0.4, -0.2) is 43.4 Å². The van der Waals surface area contributed by atoms with Gasteiger partial charge in [0.15, 0.2) is 11.5 Å². The lowest BCUT2D eigenvalue weighted by Crippen LogP contribution is -2.42. The Kier molecular flexibility index (Phi) is 5.94. The van der Waals surface area contributed by atoms with Gasteiger partial charge in [0, 0.05) is 25.7 Å². The quantitative estimate of drug-likeness (QED) is 0.799. The molecule has 0 radical (unpaired) electrons. The van der Waals surface area contributed by atoms with Gasteiger partial charge in [-0.05, 0) is 29.7 Å². The zero-order valence-corrected chi connectivity index (χ0v) is 15.7. The number of carbonyl (C=O) groups excluding carboxylic acids is 1. The molecule has 28 heavy (non-hydrogen) atoms. The van der Waals surface area contributed by atoms with E-state index >= 15 is 0 Å². The van der Waals surface area contributed by atoms with Gasteiger partial charge in [-0.1, -0.05) is 36.4 Å². The van der Waals surface area contributed by atoms with Gasteiger partial charge in [0.1, 0.15) is 19.8 Å². The molecule has 1 atom stereocenters. The third-order valence-electron chi connectivity index (χ3n) is 4.85. The molecule has 7 nitrogen and oxygen atoms in total. The van der Waals surface area contributed by atoms with Crippen molar-refractivity contribution in [3.05, 3.63) is 59.7 Å². The van der Waals surface area contributed by atoms with Crippen LogP contribution in [0.15, 0.2) is 48.5 Å². The second kappa shape index (κ2) is 8.95. The highest BCUT2D eigenvalue weighted by Crippen LogP contribution is 2.30. The maximum absolute atomic E-state index is 12.0. The summed E-state index contributed by atoms with van der Waals surface area (Å²) in [5.41, 5.74) is 4.94. The second-order valence-corrected chi connectivity index (χ2v) is 6.96. The van der Waals surface area contributed by atoms with Crippen molar-refractivity contribution in [3.8, 4) is 11.5 Å². The molecule has 1 fully saturated rings. The number of hydrogen-bond acceptors (Lipinski definition) is 6. The molecule has 2 heterocycles. The van der Waals surface area contributed by atoms with Crippen LogP contribution in [0.2, 0.25) is 0 Å². The van der Waals surface area contributed by atoms with Gasteiger partial charge >= 0.3 is 6.09 Å². The highest BCUT2D eigenvalue weighted by Gasteiger charge is 2.24. The van der Waals surface area contributed by atoms with Gasteiger partial charge in [-0.25, -0.2) is 9.80 Å². The lowest BCUT2D eigenvalue weighted by atomic mass is 10.1. The van der Waals surface area contributed by atoms with Gasteiger partial charge in [0.25, 0.3) is 0 Å². The molecule has 2 aliphatic heterocycles. The van der Waals surface area contributed by atoms with E-state index in [4.69, 9.17) is 14.2 Å². The summed E-state index contributed by atoms with van der Waals surface area (Å²) in [4.78, 5) is 12.0. The number of ether oxygens (including phenoxy) is 3. The predicted molar refractivity (Wildman–Crippen MR) is 104 cm³/mol. The van der Waals surface area contributed by atoms with E-state index in [-0.39, 0.29) is 6.61 Å². The van der Waals surface area contributed by atoms with Crippen LogP contribution in [0.5, 0.6) is 11.5 Å². The van der Waals surface area contributed by atoms with Crippen LogP contribution >= 0.6 is 0 Å². The fourth-order valence-corrected chi connectivity index (χ4v) is 3.37. The zero-order valence-electron chi connectivity index (χ0n) is 15.7. The number of hydrogen-bond donors (Lipinski definition) is 2. The molecule has 2 N–H and O–H groups in total. The molecular formula is C21H25N3O4. The Morgan fingerprint density at radius 1 is 1.07 bits per heavy atom. The third-order valence-corrected chi connectivity index (χ3v) is 4.85. The van der Waals surface area contributed by atoms with Gasteiger partial charge < -0.3 is 19.5 Å². The monoisotopic (exact) mass is 383 g/mol. The summed E-state index contributed by atoms with van der Waals surface area (Å²) in [7, 11) is 0. The molecule has 0 aromatic heterocycles. The molecule has 2 aromatic rings. The summed E-state index contributed by atoms with van der Waals surface area (Å²) in [6.07, 6.45) is 0.542. The third kappa shape index (κ3) is 4.94. The van der Waals surface area contributed by atoms with Crippen molar-refractivity contribution in [2.45, 2.75) is 25.6 Å². The zero-order chi connectivity index (χ0) is 19.2. The van der Waals surface area contributed by atoms with Gasteiger partial charge in [-0.3, -0.25) is 5.43 Å². The standard InChI is InChI=1S/C21H25N3O4/c25-21(28-15-16-4-2-1-3-5-16)23-24-9-8-18(14-24)22-13-17-6-7-19-20(12-17)27-11-10-26-19/h1-7,12,18,22H,8-11,13-15H2,(H,23,25). The number of fused-ring (bicyclic) bond motifs is 1. The van der Waals surface area contributed by atoms with Crippen LogP contribution in [0.3, 0.4) is 0 Å². The van der Waals surface area contributed by atoms with E-state index in [2.05, 4.69) is 10.7 Å². The van der Waals surface area contributed by atoms with Gasteiger partial charge in [0.2, 0.25) is 0 Å². The number of rotatable bonds is 6. The molecule has 148 valence electrons. The van der Waals surface area contributed by atoms with Crippen molar-refractivity contribution >= 4 is 6.09 Å². The number of hydrazine groups is 1. The van der Waals surface area contributed by atoms with Crippen molar-refractivity contribution in [1.29, 1.82) is 0 Å². The van der Waals surface area contributed by atoms with Crippen LogP contribution in [0.1, 0.15) is 17.5 Å². The first-order valence-electron chi connectivity index (χ1n) is 9.60. The van der Waals surface area contributed by atoms with Crippen molar-refractivity contribution < 1.29 is 19.0 Å². The Balaban J connectivity index is 1.18. The Hall–Kier alpha value is -2.77. The van der Waals surface area contributed by atoms with Crippen molar-refractivity contribution in [3.63, 3.8) is 0 Å². The van der Waals surface area contributed by atoms with Gasteiger partial charge in [-0.2, -0.15) is 0 Å². The van der Waals surface area contributed by atoms with Crippen LogP contribution < -0.4 is 20.2 Å². The first-order chi connectivity index (χ1) is 13.8. The van der Waals surface area contributed by atoms with Crippen molar-refractivity contribution in [1.82, 2.24) is 15.8 Å². The molecule has 7 heteroatoms. The molecule has 1 amide bonds. The van der Waals surface area contributed by atoms with Crippen LogP contribution in [0.4, 0.5) is 4.79 Å². The normalized spacial score (nSPS) is 18.6. The fourth-order valence-electron chi connectivity index (χ4n) is 3.37. The number of amides is 1. The summed E-state index contributed by atoms with van der Waals surface area (Å²) in [6.45, 7) is 3.74. The summed E-state index contributed by atoms with van der Waals surface area (Å²) < 4.78 is 16.5. The first kappa shape index (κ1) is 18.6. The predicted octanol–water partition coefficient (Wildman–Crippen LogP) is 2.46. The molecule has 4 rings (SSSR count). The van der Waals surface area contributed by atoms with E-state index in [0.29, 0.717) is 19.3 Å². The van der Waals surface area contributed by atoms with Gasteiger partial charge in [-0.15, -0.1) is 0 Å². The number of benzene rings is 2. The molecule has 0 aliphatic carbocycles. The summed E-state index contributed by atoms with van der Waals surface area (Å²) in [5, 5.41) is 5.43. The fraction of sp³-hybridized carbons (Fsp3) is 0.381. The Labute approximate surface area is 164 Å². The van der Waals surface area contributed by atoms with E-state index in [1.165, 1.54) is 0 Å². The average molecular weight is 383 g/mol. The lowest BCUT2D eigenvalue weighted by Gasteiger charge is -2.20. The maximum atomic E-state index is 12.0. The molecule has 0 spiro atoms. The second-order valence-electron chi connectivity index (χ2n) is 6.96.